The summed E-state index contributed by atoms with van der Waals surface area (Å²) in [4.78, 5) is 15.6. The molecular formula is C12H15N5O. The molecule has 3 unspecified atom stereocenters. The minimum absolute atomic E-state index is 0.145. The molecule has 0 radical (unpaired) electrons. The fourth-order valence-electron chi connectivity index (χ4n) is 1.90. The van der Waals surface area contributed by atoms with Crippen molar-refractivity contribution in [1.82, 2.24) is 20.9 Å². The Bertz CT molecular complexity index is 455. The molecule has 0 bridgehead atoms. The van der Waals surface area contributed by atoms with Crippen LogP contribution in [0.1, 0.15) is 12.5 Å². The molecule has 1 aromatic heterocycles. The first-order chi connectivity index (χ1) is 8.70. The zero-order chi connectivity index (χ0) is 13.0. The van der Waals surface area contributed by atoms with Crippen LogP contribution in [0.2, 0.25) is 0 Å². The lowest BCUT2D eigenvalue weighted by Crippen LogP contribution is -2.64. The molecule has 6 heteroatoms. The van der Waals surface area contributed by atoms with E-state index in [0.29, 0.717) is 6.54 Å². The van der Waals surface area contributed by atoms with Gasteiger partial charge in [0.05, 0.1) is 18.4 Å². The monoisotopic (exact) mass is 245 g/mol. The predicted molar refractivity (Wildman–Crippen MR) is 64.7 cm³/mol. The van der Waals surface area contributed by atoms with Crippen LogP contribution in [-0.2, 0) is 11.3 Å². The van der Waals surface area contributed by atoms with Gasteiger partial charge in [0.1, 0.15) is 0 Å². The van der Waals surface area contributed by atoms with Crippen molar-refractivity contribution >= 4 is 5.91 Å². The molecule has 18 heavy (non-hydrogen) atoms. The Balaban J connectivity index is 1.98. The lowest BCUT2D eigenvalue weighted by Gasteiger charge is -2.33. The number of hydrogen-bond acceptors (Lipinski definition) is 5. The van der Waals surface area contributed by atoms with Crippen molar-refractivity contribution in [3.63, 3.8) is 0 Å². The number of carbonyl (C=O) groups is 1. The Labute approximate surface area is 105 Å². The number of carbonyl (C=O) groups excluding carboxylic acids is 1. The zero-order valence-corrected chi connectivity index (χ0v) is 10.1. The van der Waals surface area contributed by atoms with Gasteiger partial charge in [-0.2, -0.15) is 5.26 Å². The van der Waals surface area contributed by atoms with E-state index in [4.69, 9.17) is 5.26 Å². The molecule has 1 aliphatic heterocycles. The standard InChI is InChI=1S/C12H15N5O/c1-8-16-11(10(5-13)12(18)17-8)15-7-9-3-2-4-14-6-9/h2-4,6,8,10-11,15-16H,7H2,1H3,(H,17,18). The Kier molecular flexibility index (Phi) is 3.87. The zero-order valence-electron chi connectivity index (χ0n) is 10.1. The van der Waals surface area contributed by atoms with Crippen molar-refractivity contribution < 1.29 is 4.79 Å². The third-order valence-electron chi connectivity index (χ3n) is 2.79. The van der Waals surface area contributed by atoms with E-state index in [1.165, 1.54) is 0 Å². The van der Waals surface area contributed by atoms with Crippen LogP contribution in [0.15, 0.2) is 24.5 Å². The van der Waals surface area contributed by atoms with Gasteiger partial charge >= 0.3 is 0 Å². The van der Waals surface area contributed by atoms with Gasteiger partial charge in [0, 0.05) is 18.9 Å². The fraction of sp³-hybridized carbons (Fsp3) is 0.417. The Morgan fingerprint density at radius 2 is 2.44 bits per heavy atom. The van der Waals surface area contributed by atoms with Crippen LogP contribution in [0, 0.1) is 17.2 Å². The van der Waals surface area contributed by atoms with Crippen molar-refractivity contribution in [2.45, 2.75) is 25.8 Å². The van der Waals surface area contributed by atoms with Crippen molar-refractivity contribution in [2.24, 2.45) is 5.92 Å². The predicted octanol–water partition coefficient (Wildman–Crippen LogP) is -0.298. The van der Waals surface area contributed by atoms with Gasteiger partial charge in [-0.25, -0.2) is 0 Å². The molecule has 6 nitrogen and oxygen atoms in total. The molecule has 1 fully saturated rings. The molecule has 94 valence electrons. The normalized spacial score (nSPS) is 27.3. The molecule has 0 aliphatic carbocycles. The van der Waals surface area contributed by atoms with E-state index in [-0.39, 0.29) is 18.2 Å². The summed E-state index contributed by atoms with van der Waals surface area (Å²) in [5, 5.41) is 18.0. The summed E-state index contributed by atoms with van der Waals surface area (Å²) < 4.78 is 0. The van der Waals surface area contributed by atoms with Crippen molar-refractivity contribution in [3.8, 4) is 6.07 Å². The Hall–Kier alpha value is -1.97. The summed E-state index contributed by atoms with van der Waals surface area (Å²) in [5.41, 5.74) is 1.01. The summed E-state index contributed by atoms with van der Waals surface area (Å²) in [7, 11) is 0. The van der Waals surface area contributed by atoms with E-state index in [0.717, 1.165) is 5.56 Å². The molecular weight excluding hydrogens is 230 g/mol. The number of nitriles is 1. The SMILES string of the molecule is CC1NC(=O)C(C#N)C(NCc2cccnc2)N1. The molecule has 3 N–H and O–H groups in total. The van der Waals surface area contributed by atoms with E-state index in [9.17, 15) is 4.79 Å². The van der Waals surface area contributed by atoms with Crippen LogP contribution >= 0.6 is 0 Å². The minimum Gasteiger partial charge on any atom is -0.340 e. The molecule has 2 heterocycles. The molecule has 0 saturated carbocycles. The second-order valence-corrected chi connectivity index (χ2v) is 4.22. The molecule has 1 amide bonds. The van der Waals surface area contributed by atoms with Crippen LogP contribution in [-0.4, -0.2) is 23.2 Å². The summed E-state index contributed by atoms with van der Waals surface area (Å²) in [6.07, 6.45) is 2.96. The molecule has 0 aromatic carbocycles. The third-order valence-corrected chi connectivity index (χ3v) is 2.79. The smallest absolute Gasteiger partial charge is 0.241 e. The highest BCUT2D eigenvalue weighted by atomic mass is 16.2. The number of hydrogen-bond donors (Lipinski definition) is 3. The Morgan fingerprint density at radius 3 is 3.11 bits per heavy atom. The molecule has 1 aromatic rings. The lowest BCUT2D eigenvalue weighted by atomic mass is 10.0. The van der Waals surface area contributed by atoms with Gasteiger partial charge in [0.25, 0.3) is 0 Å². The molecule has 3 atom stereocenters. The largest absolute Gasteiger partial charge is 0.340 e. The Morgan fingerprint density at radius 1 is 1.61 bits per heavy atom. The maximum Gasteiger partial charge on any atom is 0.241 e. The summed E-state index contributed by atoms with van der Waals surface area (Å²) in [5.74, 6) is -0.967. The van der Waals surface area contributed by atoms with Crippen LogP contribution < -0.4 is 16.0 Å². The first-order valence-electron chi connectivity index (χ1n) is 5.79. The van der Waals surface area contributed by atoms with E-state index in [2.05, 4.69) is 20.9 Å². The topological polar surface area (TPSA) is 89.8 Å². The average molecular weight is 245 g/mol. The summed E-state index contributed by atoms with van der Waals surface area (Å²) >= 11 is 0. The van der Waals surface area contributed by atoms with Crippen molar-refractivity contribution in [1.29, 1.82) is 5.26 Å². The molecule has 0 spiro atoms. The van der Waals surface area contributed by atoms with Gasteiger partial charge in [-0.15, -0.1) is 0 Å². The van der Waals surface area contributed by atoms with Crippen LogP contribution in [0.5, 0.6) is 0 Å². The van der Waals surface area contributed by atoms with E-state index in [1.807, 2.05) is 25.1 Å². The van der Waals surface area contributed by atoms with E-state index < -0.39 is 5.92 Å². The molecule has 1 saturated heterocycles. The highest BCUT2D eigenvalue weighted by Crippen LogP contribution is 2.08. The van der Waals surface area contributed by atoms with Gasteiger partial charge in [-0.3, -0.25) is 20.4 Å². The van der Waals surface area contributed by atoms with Crippen molar-refractivity contribution in [3.05, 3.63) is 30.1 Å². The van der Waals surface area contributed by atoms with Gasteiger partial charge in [-0.05, 0) is 18.6 Å². The summed E-state index contributed by atoms with van der Waals surface area (Å²) in [6, 6.07) is 5.80. The van der Waals surface area contributed by atoms with Gasteiger partial charge in [0.2, 0.25) is 5.91 Å². The maximum atomic E-state index is 11.6. The van der Waals surface area contributed by atoms with Crippen molar-refractivity contribution in [2.75, 3.05) is 0 Å². The number of rotatable bonds is 3. The molecule has 1 aliphatic rings. The van der Waals surface area contributed by atoms with E-state index >= 15 is 0 Å². The average Bonchev–Trinajstić information content (AvgIpc) is 2.37. The fourth-order valence-corrected chi connectivity index (χ4v) is 1.90. The van der Waals surface area contributed by atoms with Crippen LogP contribution in [0.3, 0.4) is 0 Å². The van der Waals surface area contributed by atoms with E-state index in [1.54, 1.807) is 12.4 Å². The van der Waals surface area contributed by atoms with Gasteiger partial charge < -0.3 is 5.32 Å². The number of nitrogens with one attached hydrogen (secondary N) is 3. The van der Waals surface area contributed by atoms with Crippen LogP contribution in [0.25, 0.3) is 0 Å². The lowest BCUT2D eigenvalue weighted by molar-refractivity contribution is -0.127. The molecule has 2 rings (SSSR count). The number of amides is 1. The second kappa shape index (κ2) is 5.58. The third kappa shape index (κ3) is 2.83. The number of nitrogens with zero attached hydrogens (tertiary/aromatic N) is 2. The highest BCUT2D eigenvalue weighted by molar-refractivity contribution is 5.82. The highest BCUT2D eigenvalue weighted by Gasteiger charge is 2.34. The number of pyridine rings is 1. The number of aromatic nitrogens is 1. The second-order valence-electron chi connectivity index (χ2n) is 4.22. The minimum atomic E-state index is -0.724. The van der Waals surface area contributed by atoms with Gasteiger partial charge in [-0.1, -0.05) is 6.07 Å². The first kappa shape index (κ1) is 12.5. The van der Waals surface area contributed by atoms with Gasteiger partial charge in [0.15, 0.2) is 5.92 Å². The maximum absolute atomic E-state index is 11.6. The summed E-state index contributed by atoms with van der Waals surface area (Å²) in [6.45, 7) is 2.40. The quantitative estimate of drug-likeness (QED) is 0.680. The first-order valence-corrected chi connectivity index (χ1v) is 5.79. The van der Waals surface area contributed by atoms with Crippen LogP contribution in [0.4, 0.5) is 0 Å².